The second-order valence-electron chi connectivity index (χ2n) is 8.01. The molecule has 1 unspecified atom stereocenters. The first-order valence-corrected chi connectivity index (χ1v) is 11.2. The highest BCUT2D eigenvalue weighted by Crippen LogP contribution is 2.26. The maximum Gasteiger partial charge on any atom is 0.252 e. The van der Waals surface area contributed by atoms with Crippen molar-refractivity contribution >= 4 is 41.8 Å². The molecule has 1 aromatic rings. The number of aromatic nitrogens is 1. The Morgan fingerprint density at radius 1 is 1.19 bits per heavy atom. The Morgan fingerprint density at radius 3 is 2.71 bits per heavy atom. The molecule has 3 rings (SSSR count). The minimum absolute atomic E-state index is 0. The summed E-state index contributed by atoms with van der Waals surface area (Å²) in [7, 11) is 0. The third-order valence-corrected chi connectivity index (χ3v) is 5.73. The maximum atomic E-state index is 12.8. The predicted octanol–water partition coefficient (Wildman–Crippen LogP) is 2.17. The van der Waals surface area contributed by atoms with Crippen LogP contribution in [0.25, 0.3) is 0 Å². The van der Waals surface area contributed by atoms with Gasteiger partial charge in [-0.3, -0.25) is 19.6 Å². The molecule has 1 atom stereocenters. The van der Waals surface area contributed by atoms with Crippen molar-refractivity contribution in [2.75, 3.05) is 32.7 Å². The zero-order valence-corrected chi connectivity index (χ0v) is 20.6. The highest BCUT2D eigenvalue weighted by atomic mass is 127. The number of carbonyl (C=O) groups excluding carboxylic acids is 2. The molecule has 0 radical (unpaired) electrons. The fraction of sp³-hybridized carbons (Fsp3) is 0.636. The molecule has 0 bridgehead atoms. The number of nitrogens with zero attached hydrogens (tertiary/aromatic N) is 3. The Hall–Kier alpha value is -1.91. The van der Waals surface area contributed by atoms with Crippen LogP contribution < -0.4 is 16.0 Å². The second kappa shape index (κ2) is 13.5. The standard InChI is InChI=1S/C22H34N6O2.HI/c1-2-24-22(26-13-12-25-20(29)18-9-6-11-23-15-18)27-19-10-14-28(16-19)21(30)17-7-4-3-5-8-17;/h6,9,11,15,17,19H,2-5,7-8,10,12-14,16H2,1H3,(H,25,29)(H2,24,26,27);1H. The molecule has 8 nitrogen and oxygen atoms in total. The van der Waals surface area contributed by atoms with E-state index in [2.05, 4.69) is 25.9 Å². The summed E-state index contributed by atoms with van der Waals surface area (Å²) in [5.41, 5.74) is 0.542. The lowest BCUT2D eigenvalue weighted by atomic mass is 9.88. The van der Waals surface area contributed by atoms with Gasteiger partial charge in [0.25, 0.3) is 5.91 Å². The summed E-state index contributed by atoms with van der Waals surface area (Å²) in [6.07, 6.45) is 9.83. The van der Waals surface area contributed by atoms with E-state index in [1.807, 2.05) is 11.8 Å². The van der Waals surface area contributed by atoms with Crippen molar-refractivity contribution in [3.63, 3.8) is 0 Å². The smallest absolute Gasteiger partial charge is 0.252 e. The van der Waals surface area contributed by atoms with Crippen LogP contribution in [-0.2, 0) is 4.79 Å². The summed E-state index contributed by atoms with van der Waals surface area (Å²) < 4.78 is 0. The Kier molecular flexibility index (Phi) is 11.0. The van der Waals surface area contributed by atoms with Crippen LogP contribution in [0.5, 0.6) is 0 Å². The van der Waals surface area contributed by atoms with Crippen molar-refractivity contribution in [1.29, 1.82) is 0 Å². The molecule has 172 valence electrons. The number of guanidine groups is 1. The van der Waals surface area contributed by atoms with Gasteiger partial charge >= 0.3 is 0 Å². The molecule has 1 aromatic heterocycles. The minimum Gasteiger partial charge on any atom is -0.357 e. The number of carbonyl (C=O) groups is 2. The zero-order valence-electron chi connectivity index (χ0n) is 18.3. The molecule has 31 heavy (non-hydrogen) atoms. The number of likely N-dealkylation sites (tertiary alicyclic amines) is 1. The molecule has 2 aliphatic rings. The van der Waals surface area contributed by atoms with Gasteiger partial charge in [-0.15, -0.1) is 24.0 Å². The van der Waals surface area contributed by atoms with Gasteiger partial charge in [-0.25, -0.2) is 0 Å². The van der Waals surface area contributed by atoms with Crippen molar-refractivity contribution in [3.05, 3.63) is 30.1 Å². The van der Waals surface area contributed by atoms with Crippen LogP contribution >= 0.6 is 24.0 Å². The van der Waals surface area contributed by atoms with E-state index in [9.17, 15) is 9.59 Å². The summed E-state index contributed by atoms with van der Waals surface area (Å²) in [6.45, 7) is 5.24. The van der Waals surface area contributed by atoms with Crippen LogP contribution in [0.3, 0.4) is 0 Å². The molecular formula is C22H35IN6O2. The van der Waals surface area contributed by atoms with Gasteiger partial charge in [0.1, 0.15) is 0 Å². The molecule has 9 heteroatoms. The highest BCUT2D eigenvalue weighted by Gasteiger charge is 2.31. The van der Waals surface area contributed by atoms with Crippen LogP contribution in [0.1, 0.15) is 55.8 Å². The maximum absolute atomic E-state index is 12.8. The largest absolute Gasteiger partial charge is 0.357 e. The van der Waals surface area contributed by atoms with E-state index in [1.165, 1.54) is 19.3 Å². The summed E-state index contributed by atoms with van der Waals surface area (Å²) in [5, 5.41) is 9.55. The number of nitrogens with one attached hydrogen (secondary N) is 3. The predicted molar refractivity (Wildman–Crippen MR) is 133 cm³/mol. The van der Waals surface area contributed by atoms with Crippen LogP contribution in [0.15, 0.2) is 29.5 Å². The molecule has 1 saturated carbocycles. The molecule has 1 saturated heterocycles. The van der Waals surface area contributed by atoms with E-state index < -0.39 is 0 Å². The van der Waals surface area contributed by atoms with Crippen LogP contribution in [0.4, 0.5) is 0 Å². The van der Waals surface area contributed by atoms with E-state index in [1.54, 1.807) is 24.5 Å². The number of halogens is 1. The minimum atomic E-state index is -0.149. The van der Waals surface area contributed by atoms with Gasteiger partial charge in [0, 0.05) is 50.5 Å². The van der Waals surface area contributed by atoms with Gasteiger partial charge in [0.15, 0.2) is 5.96 Å². The van der Waals surface area contributed by atoms with Crippen molar-refractivity contribution in [2.45, 2.75) is 51.5 Å². The second-order valence-corrected chi connectivity index (χ2v) is 8.01. The quantitative estimate of drug-likeness (QED) is 0.212. The number of hydrogen-bond donors (Lipinski definition) is 3. The van der Waals surface area contributed by atoms with E-state index >= 15 is 0 Å². The Labute approximate surface area is 202 Å². The fourth-order valence-electron chi connectivity index (χ4n) is 4.14. The monoisotopic (exact) mass is 542 g/mol. The number of amides is 2. The Morgan fingerprint density at radius 2 is 2.00 bits per heavy atom. The highest BCUT2D eigenvalue weighted by molar-refractivity contribution is 14.0. The lowest BCUT2D eigenvalue weighted by Gasteiger charge is -2.26. The first kappa shape index (κ1) is 25.4. The van der Waals surface area contributed by atoms with Gasteiger partial charge in [0.05, 0.1) is 12.1 Å². The molecule has 3 N–H and O–H groups in total. The van der Waals surface area contributed by atoms with E-state index in [4.69, 9.17) is 0 Å². The molecule has 0 spiro atoms. The summed E-state index contributed by atoms with van der Waals surface area (Å²) in [6, 6.07) is 3.68. The topological polar surface area (TPSA) is 98.7 Å². The first-order valence-electron chi connectivity index (χ1n) is 11.2. The van der Waals surface area contributed by atoms with Crippen LogP contribution in [0.2, 0.25) is 0 Å². The van der Waals surface area contributed by atoms with Gasteiger partial charge < -0.3 is 20.9 Å². The molecule has 1 aliphatic carbocycles. The molecular weight excluding hydrogens is 507 g/mol. The van der Waals surface area contributed by atoms with Crippen molar-refractivity contribution in [2.24, 2.45) is 10.9 Å². The Bertz CT molecular complexity index is 724. The summed E-state index contributed by atoms with van der Waals surface area (Å²) in [5.74, 6) is 1.14. The molecule has 2 amide bonds. The average Bonchev–Trinajstić information content (AvgIpc) is 3.25. The van der Waals surface area contributed by atoms with Gasteiger partial charge in [-0.2, -0.15) is 0 Å². The number of aliphatic imine (C=N–C) groups is 1. The SMILES string of the molecule is CCNC(=NCCNC(=O)c1cccnc1)NC1CCN(C(=O)C2CCCCC2)C1.I. The van der Waals surface area contributed by atoms with Crippen molar-refractivity contribution in [1.82, 2.24) is 25.8 Å². The van der Waals surface area contributed by atoms with Crippen LogP contribution in [0, 0.1) is 5.92 Å². The average molecular weight is 542 g/mol. The van der Waals surface area contributed by atoms with Crippen LogP contribution in [-0.4, -0.2) is 66.4 Å². The molecule has 1 aliphatic heterocycles. The summed E-state index contributed by atoms with van der Waals surface area (Å²) in [4.78, 5) is 35.4. The van der Waals surface area contributed by atoms with Gasteiger partial charge in [0.2, 0.25) is 5.91 Å². The normalized spacial score (nSPS) is 19.5. The lowest BCUT2D eigenvalue weighted by Crippen LogP contribution is -2.46. The van der Waals surface area contributed by atoms with E-state index in [-0.39, 0.29) is 41.8 Å². The van der Waals surface area contributed by atoms with Gasteiger partial charge in [-0.05, 0) is 38.3 Å². The zero-order chi connectivity index (χ0) is 21.2. The molecule has 0 aromatic carbocycles. The van der Waals surface area contributed by atoms with E-state index in [0.717, 1.165) is 44.9 Å². The Balaban J connectivity index is 0.00000341. The lowest BCUT2D eigenvalue weighted by molar-refractivity contribution is -0.135. The number of rotatable bonds is 7. The van der Waals surface area contributed by atoms with Crippen molar-refractivity contribution in [3.8, 4) is 0 Å². The van der Waals surface area contributed by atoms with Crippen molar-refractivity contribution < 1.29 is 9.59 Å². The number of pyridine rings is 1. The van der Waals surface area contributed by atoms with E-state index in [0.29, 0.717) is 24.6 Å². The number of hydrogen-bond acceptors (Lipinski definition) is 4. The third-order valence-electron chi connectivity index (χ3n) is 5.73. The first-order chi connectivity index (χ1) is 14.7. The summed E-state index contributed by atoms with van der Waals surface area (Å²) >= 11 is 0. The van der Waals surface area contributed by atoms with Gasteiger partial charge in [-0.1, -0.05) is 19.3 Å². The fourth-order valence-corrected chi connectivity index (χ4v) is 4.14. The molecule has 2 fully saturated rings. The molecule has 2 heterocycles. The third kappa shape index (κ3) is 7.93.